The number of amides is 6. The van der Waals surface area contributed by atoms with Crippen LogP contribution in [0.4, 0.5) is 9.59 Å². The topological polar surface area (TPSA) is 259 Å². The van der Waals surface area contributed by atoms with Crippen molar-refractivity contribution < 1.29 is 66.3 Å². The average molecular weight is 1030 g/mol. The number of nitrogens with two attached hydrogens (primary N) is 2. The van der Waals surface area contributed by atoms with Crippen LogP contribution < -0.4 is 33.0 Å². The Bertz CT molecular complexity index is 2110. The number of primary amides is 2. The van der Waals surface area contributed by atoms with Crippen LogP contribution in [0.1, 0.15) is 121 Å². The van der Waals surface area contributed by atoms with E-state index in [4.69, 9.17) is 49.0 Å². The minimum atomic E-state index is -0.947. The molecule has 22 heteroatoms. The van der Waals surface area contributed by atoms with E-state index < -0.39 is 108 Å². The number of rotatable bonds is 12. The Kier molecular flexibility index (Phi) is 19.1. The third-order valence-corrected chi connectivity index (χ3v) is 13.7. The van der Waals surface area contributed by atoms with Gasteiger partial charge < -0.3 is 69.5 Å². The van der Waals surface area contributed by atoms with Crippen molar-refractivity contribution in [2.75, 3.05) is 39.4 Å². The van der Waals surface area contributed by atoms with Gasteiger partial charge in [-0.05, 0) is 132 Å². The molecule has 0 aromatic heterocycles. The Hall–Kier alpha value is -5.25. The van der Waals surface area contributed by atoms with Gasteiger partial charge in [-0.2, -0.15) is 0 Å². The lowest BCUT2D eigenvalue weighted by molar-refractivity contribution is -0.136. The van der Waals surface area contributed by atoms with Crippen LogP contribution in [0.3, 0.4) is 0 Å². The molecule has 408 valence electrons. The molecule has 2 aromatic carbocycles. The van der Waals surface area contributed by atoms with Gasteiger partial charge in [-0.3, -0.25) is 19.2 Å². The molecule has 4 atom stereocenters. The number of nitrogens with zero attached hydrogens (tertiary/aromatic N) is 2. The van der Waals surface area contributed by atoms with Crippen molar-refractivity contribution in [3.05, 3.63) is 59.7 Å². The van der Waals surface area contributed by atoms with Crippen molar-refractivity contribution >= 4 is 61.0 Å². The first-order valence-corrected chi connectivity index (χ1v) is 25.4. The summed E-state index contributed by atoms with van der Waals surface area (Å²) in [6.45, 7) is 28.1. The molecule has 6 amide bonds. The second-order valence-corrected chi connectivity index (χ2v) is 23.3. The van der Waals surface area contributed by atoms with Crippen LogP contribution in [0.2, 0.25) is 0 Å². The summed E-state index contributed by atoms with van der Waals surface area (Å²) in [4.78, 5) is 78.3. The molecule has 4 aliphatic heterocycles. The van der Waals surface area contributed by atoms with Crippen molar-refractivity contribution in [2.24, 2.45) is 11.5 Å². The van der Waals surface area contributed by atoms with E-state index >= 15 is 0 Å². The molecule has 0 radical (unpaired) electrons. The van der Waals surface area contributed by atoms with Gasteiger partial charge in [0.2, 0.25) is 11.8 Å². The van der Waals surface area contributed by atoms with Crippen molar-refractivity contribution in [1.29, 1.82) is 0 Å². The first-order valence-electron chi connectivity index (χ1n) is 25.4. The molecule has 0 spiro atoms. The highest BCUT2D eigenvalue weighted by Gasteiger charge is 2.53. The Morgan fingerprint density at radius 3 is 1.14 bits per heavy atom. The van der Waals surface area contributed by atoms with Gasteiger partial charge in [-0.1, -0.05) is 48.5 Å². The molecule has 6 rings (SSSR count). The van der Waals surface area contributed by atoms with E-state index in [0.717, 1.165) is 22.1 Å². The summed E-state index contributed by atoms with van der Waals surface area (Å²) < 4.78 is 46.6. The van der Waals surface area contributed by atoms with Crippen LogP contribution in [-0.4, -0.2) is 157 Å². The standard InChI is InChI=1S/2C26H40BN3O7/c2*1-24(2,3)35-23(33)30-13-8-14-34-20(16-30)22(32)29-19(21(28)31)15-17-9-11-18(12-10-17)27-36-25(4,5)26(6,7)37-27/h2*9-12,19-20H,8,13-16H2,1-7H3,(H2,28,31)(H,29,32)/t19-,20?;19-,20-/m00/s1. The smallest absolute Gasteiger partial charge is 0.444 e. The number of hydrogen-bond acceptors (Lipinski definition) is 14. The molecule has 20 nitrogen and oxygen atoms in total. The maximum atomic E-state index is 13.0. The molecule has 2 aromatic rings. The molecule has 74 heavy (non-hydrogen) atoms. The van der Waals surface area contributed by atoms with Gasteiger partial charge in [0, 0.05) is 39.1 Å². The van der Waals surface area contributed by atoms with Gasteiger partial charge in [0.05, 0.1) is 35.5 Å². The zero-order valence-electron chi connectivity index (χ0n) is 45.9. The molecule has 0 saturated carbocycles. The fraction of sp³-hybridized carbons (Fsp3) is 0.654. The second-order valence-electron chi connectivity index (χ2n) is 23.3. The van der Waals surface area contributed by atoms with Gasteiger partial charge >= 0.3 is 26.4 Å². The fourth-order valence-corrected chi connectivity index (χ4v) is 7.98. The fourth-order valence-electron chi connectivity index (χ4n) is 7.98. The van der Waals surface area contributed by atoms with Crippen LogP contribution in [0.5, 0.6) is 0 Å². The van der Waals surface area contributed by atoms with Gasteiger partial charge in [0.15, 0.2) is 12.2 Å². The minimum absolute atomic E-state index is 0.0228. The summed E-state index contributed by atoms with van der Waals surface area (Å²) in [6, 6.07) is 13.0. The van der Waals surface area contributed by atoms with Crippen LogP contribution in [0.15, 0.2) is 48.5 Å². The Balaban J connectivity index is 0.000000274. The molecule has 4 fully saturated rings. The molecule has 0 bridgehead atoms. The zero-order valence-corrected chi connectivity index (χ0v) is 45.9. The molecule has 1 unspecified atom stereocenters. The van der Waals surface area contributed by atoms with E-state index in [1.807, 2.05) is 104 Å². The first-order chi connectivity index (χ1) is 34.2. The number of carbonyl (C=O) groups is 6. The quantitative estimate of drug-likeness (QED) is 0.223. The predicted octanol–water partition coefficient (Wildman–Crippen LogP) is 3.05. The summed E-state index contributed by atoms with van der Waals surface area (Å²) >= 11 is 0. The van der Waals surface area contributed by atoms with E-state index in [0.29, 0.717) is 39.1 Å². The van der Waals surface area contributed by atoms with Crippen LogP contribution in [0.25, 0.3) is 0 Å². The Morgan fingerprint density at radius 2 is 0.865 bits per heavy atom. The highest BCUT2D eigenvalue weighted by atomic mass is 16.7. The predicted molar refractivity (Wildman–Crippen MR) is 278 cm³/mol. The summed E-state index contributed by atoms with van der Waals surface area (Å²) in [5.74, 6) is -2.34. The number of hydrogen-bond donors (Lipinski definition) is 4. The van der Waals surface area contributed by atoms with Crippen molar-refractivity contribution in [2.45, 2.75) is 181 Å². The van der Waals surface area contributed by atoms with Gasteiger partial charge in [-0.25, -0.2) is 9.59 Å². The largest absolute Gasteiger partial charge is 0.494 e. The number of nitrogens with one attached hydrogen (secondary N) is 2. The molecule has 4 saturated heterocycles. The summed E-state index contributed by atoms with van der Waals surface area (Å²) in [5.41, 5.74) is 11.4. The SMILES string of the molecule is CC(C)(C)OC(=O)N1CCCOC(C(=O)N[C@@H](Cc2ccc(B3OC(C)(C)C(C)(C)O3)cc2)C(N)=O)C1.CC(C)(C)OC(=O)N1CCCO[C@H](C(=O)N[C@@H](Cc2ccc(B3OC(C)(C)C(C)(C)O3)cc2)C(N)=O)C1. The lowest BCUT2D eigenvalue weighted by atomic mass is 9.78. The third kappa shape index (κ3) is 16.4. The molecular weight excluding hydrogens is 954 g/mol. The normalized spacial score (nSPS) is 22.2. The van der Waals surface area contributed by atoms with Gasteiger partial charge in [0.1, 0.15) is 23.3 Å². The monoisotopic (exact) mass is 1030 g/mol. The molecule has 6 N–H and O–H groups in total. The maximum Gasteiger partial charge on any atom is 0.494 e. The van der Waals surface area contributed by atoms with E-state index in [-0.39, 0.29) is 25.9 Å². The molecule has 0 aliphatic carbocycles. The first kappa shape index (κ1) is 59.6. The Morgan fingerprint density at radius 1 is 0.568 bits per heavy atom. The lowest BCUT2D eigenvalue weighted by Crippen LogP contribution is -2.52. The van der Waals surface area contributed by atoms with E-state index in [9.17, 15) is 28.8 Å². The lowest BCUT2D eigenvalue weighted by Gasteiger charge is -2.32. The second kappa shape index (κ2) is 23.7. The number of benzene rings is 2. The summed E-state index contributed by atoms with van der Waals surface area (Å²) in [7, 11) is -0.989. The van der Waals surface area contributed by atoms with Crippen molar-refractivity contribution in [3.8, 4) is 0 Å². The van der Waals surface area contributed by atoms with Crippen molar-refractivity contribution in [3.63, 3.8) is 0 Å². The van der Waals surface area contributed by atoms with Gasteiger partial charge in [0.25, 0.3) is 11.8 Å². The van der Waals surface area contributed by atoms with Crippen LogP contribution in [-0.2, 0) is 69.6 Å². The zero-order chi connectivity index (χ0) is 55.2. The van der Waals surface area contributed by atoms with E-state index in [2.05, 4.69) is 10.6 Å². The number of ether oxygens (including phenoxy) is 4. The van der Waals surface area contributed by atoms with Crippen LogP contribution in [0, 0.1) is 0 Å². The highest BCUT2D eigenvalue weighted by Crippen LogP contribution is 2.37. The van der Waals surface area contributed by atoms with E-state index in [1.54, 1.807) is 41.5 Å². The molecule has 4 heterocycles. The summed E-state index contributed by atoms with van der Waals surface area (Å²) in [6.07, 6.45) is -1.37. The van der Waals surface area contributed by atoms with Crippen molar-refractivity contribution in [1.82, 2.24) is 20.4 Å². The minimum Gasteiger partial charge on any atom is -0.444 e. The Labute approximate surface area is 437 Å². The average Bonchev–Trinajstić information content (AvgIpc) is 3.49. The highest BCUT2D eigenvalue weighted by molar-refractivity contribution is 6.62. The molecule has 4 aliphatic rings. The van der Waals surface area contributed by atoms with Gasteiger partial charge in [-0.15, -0.1) is 0 Å². The molecular formula is C52H80B2N6O14. The number of carbonyl (C=O) groups excluding carboxylic acids is 6. The van der Waals surface area contributed by atoms with Crippen LogP contribution >= 0.6 is 0 Å². The summed E-state index contributed by atoms with van der Waals surface area (Å²) in [5, 5.41) is 5.39. The maximum absolute atomic E-state index is 13.0. The van der Waals surface area contributed by atoms with E-state index in [1.165, 1.54) is 9.80 Å². The third-order valence-electron chi connectivity index (χ3n) is 13.7.